The van der Waals surface area contributed by atoms with Crippen LogP contribution in [0.25, 0.3) is 0 Å². The highest BCUT2D eigenvalue weighted by molar-refractivity contribution is 5.75. The molecule has 0 atom stereocenters. The number of carbonyl (C=O) groups is 1. The van der Waals surface area contributed by atoms with Gasteiger partial charge in [0.1, 0.15) is 0 Å². The Morgan fingerprint density at radius 2 is 1.88 bits per heavy atom. The second kappa shape index (κ2) is 4.99. The Balaban J connectivity index is 2.08. The molecule has 1 aromatic carbocycles. The standard InChI is InChI=1S/C12H16N2O2/c1-13(10-15)11-2-4-12(5-3-11)14-6-8-16-9-7-14/h2-5,10H,6-9H2,1H3. The maximum atomic E-state index is 10.6. The Hall–Kier alpha value is -1.55. The fourth-order valence-electron chi connectivity index (χ4n) is 1.78. The Kier molecular flexibility index (Phi) is 3.41. The number of benzene rings is 1. The SMILES string of the molecule is CN(C=O)c1ccc(N2CCOCC2)cc1. The van der Waals surface area contributed by atoms with Crippen LogP contribution < -0.4 is 9.80 Å². The van der Waals surface area contributed by atoms with E-state index in [1.165, 1.54) is 5.69 Å². The molecule has 0 aromatic heterocycles. The molecule has 1 aliphatic rings. The summed E-state index contributed by atoms with van der Waals surface area (Å²) in [5.74, 6) is 0. The van der Waals surface area contributed by atoms with Gasteiger partial charge in [-0.05, 0) is 24.3 Å². The first-order valence-corrected chi connectivity index (χ1v) is 5.42. The molecule has 2 rings (SSSR count). The summed E-state index contributed by atoms with van der Waals surface area (Å²) in [7, 11) is 1.75. The van der Waals surface area contributed by atoms with Crippen LogP contribution in [0.15, 0.2) is 24.3 Å². The van der Waals surface area contributed by atoms with Crippen LogP contribution >= 0.6 is 0 Å². The molecule has 1 amide bonds. The van der Waals surface area contributed by atoms with Crippen molar-refractivity contribution in [1.29, 1.82) is 0 Å². The third-order valence-electron chi connectivity index (χ3n) is 2.79. The van der Waals surface area contributed by atoms with E-state index in [9.17, 15) is 4.79 Å². The van der Waals surface area contributed by atoms with Gasteiger partial charge < -0.3 is 14.5 Å². The molecule has 1 fully saturated rings. The molecule has 4 nitrogen and oxygen atoms in total. The van der Waals surface area contributed by atoms with Gasteiger partial charge in [0.15, 0.2) is 0 Å². The van der Waals surface area contributed by atoms with E-state index in [1.54, 1.807) is 11.9 Å². The summed E-state index contributed by atoms with van der Waals surface area (Å²) in [4.78, 5) is 14.4. The molecule has 0 aliphatic carbocycles. The number of amides is 1. The summed E-state index contributed by atoms with van der Waals surface area (Å²) < 4.78 is 5.30. The van der Waals surface area contributed by atoms with Crippen molar-refractivity contribution in [3.05, 3.63) is 24.3 Å². The maximum Gasteiger partial charge on any atom is 0.213 e. The minimum Gasteiger partial charge on any atom is -0.378 e. The van der Waals surface area contributed by atoms with Gasteiger partial charge in [-0.3, -0.25) is 4.79 Å². The van der Waals surface area contributed by atoms with Crippen molar-refractivity contribution in [2.24, 2.45) is 0 Å². The van der Waals surface area contributed by atoms with Crippen molar-refractivity contribution >= 4 is 17.8 Å². The van der Waals surface area contributed by atoms with Gasteiger partial charge in [0.05, 0.1) is 13.2 Å². The van der Waals surface area contributed by atoms with E-state index in [4.69, 9.17) is 4.74 Å². The van der Waals surface area contributed by atoms with Gasteiger partial charge in [-0.1, -0.05) is 0 Å². The third kappa shape index (κ3) is 2.33. The minimum atomic E-state index is 0.788. The van der Waals surface area contributed by atoms with Crippen molar-refractivity contribution < 1.29 is 9.53 Å². The molecule has 0 bridgehead atoms. The van der Waals surface area contributed by atoms with Crippen molar-refractivity contribution in [3.63, 3.8) is 0 Å². The highest BCUT2D eigenvalue weighted by Crippen LogP contribution is 2.20. The molecule has 86 valence electrons. The Labute approximate surface area is 95.4 Å². The lowest BCUT2D eigenvalue weighted by Crippen LogP contribution is -2.36. The van der Waals surface area contributed by atoms with Crippen LogP contribution in [0.1, 0.15) is 0 Å². The van der Waals surface area contributed by atoms with Gasteiger partial charge in [-0.25, -0.2) is 0 Å². The second-order valence-electron chi connectivity index (χ2n) is 3.83. The molecule has 0 unspecified atom stereocenters. The molecule has 1 aliphatic heterocycles. The zero-order valence-electron chi connectivity index (χ0n) is 9.43. The summed E-state index contributed by atoms with van der Waals surface area (Å²) in [5, 5.41) is 0. The van der Waals surface area contributed by atoms with Crippen LogP contribution in [0.3, 0.4) is 0 Å². The predicted octanol–water partition coefficient (Wildman–Crippen LogP) is 1.12. The van der Waals surface area contributed by atoms with Gasteiger partial charge in [-0.2, -0.15) is 0 Å². The summed E-state index contributed by atoms with van der Waals surface area (Å²) in [6.07, 6.45) is 0.809. The first-order valence-electron chi connectivity index (χ1n) is 5.42. The van der Waals surface area contributed by atoms with Gasteiger partial charge in [0, 0.05) is 31.5 Å². The number of morpholine rings is 1. The molecule has 4 heteroatoms. The van der Waals surface area contributed by atoms with Crippen LogP contribution in [0.2, 0.25) is 0 Å². The zero-order chi connectivity index (χ0) is 11.4. The van der Waals surface area contributed by atoms with E-state index >= 15 is 0 Å². The molecular formula is C12H16N2O2. The Bertz CT molecular complexity index is 345. The van der Waals surface area contributed by atoms with E-state index in [2.05, 4.69) is 4.90 Å². The van der Waals surface area contributed by atoms with E-state index in [-0.39, 0.29) is 0 Å². The number of carbonyl (C=O) groups excluding carboxylic acids is 1. The molecular weight excluding hydrogens is 204 g/mol. The zero-order valence-corrected chi connectivity index (χ0v) is 9.43. The van der Waals surface area contributed by atoms with Crippen LogP contribution in [0, 0.1) is 0 Å². The van der Waals surface area contributed by atoms with Crippen LogP contribution in [0.5, 0.6) is 0 Å². The lowest BCUT2D eigenvalue weighted by Gasteiger charge is -2.29. The topological polar surface area (TPSA) is 32.8 Å². The van der Waals surface area contributed by atoms with E-state index in [0.717, 1.165) is 38.4 Å². The predicted molar refractivity (Wildman–Crippen MR) is 63.9 cm³/mol. The normalized spacial score (nSPS) is 15.9. The number of hydrogen-bond acceptors (Lipinski definition) is 3. The maximum absolute atomic E-state index is 10.6. The summed E-state index contributed by atoms with van der Waals surface area (Å²) in [6.45, 7) is 3.44. The summed E-state index contributed by atoms with van der Waals surface area (Å²) in [5.41, 5.74) is 2.10. The average molecular weight is 220 g/mol. The lowest BCUT2D eigenvalue weighted by molar-refractivity contribution is -0.107. The largest absolute Gasteiger partial charge is 0.378 e. The van der Waals surface area contributed by atoms with Crippen LogP contribution in [-0.4, -0.2) is 39.8 Å². The number of anilines is 2. The molecule has 0 N–H and O–H groups in total. The van der Waals surface area contributed by atoms with E-state index < -0.39 is 0 Å². The van der Waals surface area contributed by atoms with E-state index in [0.29, 0.717) is 0 Å². The summed E-state index contributed by atoms with van der Waals surface area (Å²) in [6, 6.07) is 8.00. The molecule has 0 spiro atoms. The van der Waals surface area contributed by atoms with Crippen LogP contribution in [-0.2, 0) is 9.53 Å². The van der Waals surface area contributed by atoms with Gasteiger partial charge >= 0.3 is 0 Å². The number of rotatable bonds is 3. The number of ether oxygens (including phenoxy) is 1. The number of nitrogens with zero attached hydrogens (tertiary/aromatic N) is 2. The van der Waals surface area contributed by atoms with Crippen molar-refractivity contribution in [1.82, 2.24) is 0 Å². The van der Waals surface area contributed by atoms with Gasteiger partial charge in [0.25, 0.3) is 0 Å². The highest BCUT2D eigenvalue weighted by Gasteiger charge is 2.10. The monoisotopic (exact) mass is 220 g/mol. The molecule has 1 heterocycles. The molecule has 1 aromatic rings. The molecule has 1 saturated heterocycles. The average Bonchev–Trinajstić information content (AvgIpc) is 2.39. The first-order chi connectivity index (χ1) is 7.81. The van der Waals surface area contributed by atoms with Crippen molar-refractivity contribution in [3.8, 4) is 0 Å². The fourth-order valence-corrected chi connectivity index (χ4v) is 1.78. The molecule has 16 heavy (non-hydrogen) atoms. The molecule has 0 radical (unpaired) electrons. The Morgan fingerprint density at radius 1 is 1.25 bits per heavy atom. The first kappa shape index (κ1) is 11.0. The number of hydrogen-bond donors (Lipinski definition) is 0. The summed E-state index contributed by atoms with van der Waals surface area (Å²) >= 11 is 0. The van der Waals surface area contributed by atoms with Gasteiger partial charge in [-0.15, -0.1) is 0 Å². The van der Waals surface area contributed by atoms with Crippen LogP contribution in [0.4, 0.5) is 11.4 Å². The van der Waals surface area contributed by atoms with E-state index in [1.807, 2.05) is 24.3 Å². The lowest BCUT2D eigenvalue weighted by atomic mass is 10.2. The Morgan fingerprint density at radius 3 is 2.44 bits per heavy atom. The smallest absolute Gasteiger partial charge is 0.213 e. The van der Waals surface area contributed by atoms with Crippen molar-refractivity contribution in [2.75, 3.05) is 43.2 Å². The third-order valence-corrected chi connectivity index (χ3v) is 2.79. The minimum absolute atomic E-state index is 0.788. The van der Waals surface area contributed by atoms with Gasteiger partial charge in [0.2, 0.25) is 6.41 Å². The fraction of sp³-hybridized carbons (Fsp3) is 0.417. The molecule has 0 saturated carbocycles. The highest BCUT2D eigenvalue weighted by atomic mass is 16.5. The van der Waals surface area contributed by atoms with Crippen molar-refractivity contribution in [2.45, 2.75) is 0 Å². The quantitative estimate of drug-likeness (QED) is 0.715. The second-order valence-corrected chi connectivity index (χ2v) is 3.83.